The highest BCUT2D eigenvalue weighted by Gasteiger charge is 2.23. The van der Waals surface area contributed by atoms with Crippen LogP contribution in [0, 0.1) is 17.2 Å². The molecule has 4 rings (SSSR count). The third kappa shape index (κ3) is 8.31. The molecule has 1 aliphatic rings. The van der Waals surface area contributed by atoms with Gasteiger partial charge in [0.2, 0.25) is 5.91 Å². The molecule has 238 valence electrons. The number of aromatic nitrogens is 1. The first-order chi connectivity index (χ1) is 22.1. The number of carbonyl (C=O) groups is 3. The molecule has 0 saturated heterocycles. The normalized spacial score (nSPS) is 13.5. The average molecular weight is 644 g/mol. The molecule has 0 spiro atoms. The number of carbonyl (C=O) groups excluding carboxylic acids is 3. The fraction of sp³-hybridized carbons (Fsp3) is 0.286. The zero-order chi connectivity index (χ0) is 33.2. The number of allylic oxidation sites excluding steroid dienone is 2. The standard InChI is InChI=1S/C35H34ClN3O7/c1-4-30(39-19-31(44-3)29(17-32(39)40)28-16-26(36)13-10-25(28)18-37)33(41)38-27-14-11-24(12-15-27)35(43)45-20-22(2)34(42)46-21-23-8-6-5-7-9-23/h6,8-17,19,22,30H,4-5,7,20-21H2,1-3H3,(H,38,41). The van der Waals surface area contributed by atoms with Crippen LogP contribution < -0.4 is 15.6 Å². The van der Waals surface area contributed by atoms with Crippen molar-refractivity contribution in [3.05, 3.63) is 105 Å². The summed E-state index contributed by atoms with van der Waals surface area (Å²) in [5.74, 6) is -1.90. The Morgan fingerprint density at radius 1 is 1.07 bits per heavy atom. The van der Waals surface area contributed by atoms with Gasteiger partial charge < -0.3 is 19.5 Å². The molecule has 2 aromatic carbocycles. The third-order valence-corrected chi connectivity index (χ3v) is 7.62. The van der Waals surface area contributed by atoms with Gasteiger partial charge in [0.25, 0.3) is 5.56 Å². The molecule has 0 fully saturated rings. The molecule has 0 bridgehead atoms. The number of benzene rings is 2. The number of amides is 1. The van der Waals surface area contributed by atoms with E-state index in [1.807, 2.05) is 18.2 Å². The number of pyridine rings is 1. The van der Waals surface area contributed by atoms with Gasteiger partial charge in [-0.15, -0.1) is 0 Å². The molecule has 0 radical (unpaired) electrons. The van der Waals surface area contributed by atoms with Crippen LogP contribution in [0.4, 0.5) is 5.69 Å². The zero-order valence-corrected chi connectivity index (χ0v) is 26.5. The Labute approximate surface area is 271 Å². The van der Waals surface area contributed by atoms with E-state index in [0.717, 1.165) is 18.4 Å². The maximum absolute atomic E-state index is 13.3. The van der Waals surface area contributed by atoms with Crippen LogP contribution in [0.2, 0.25) is 5.02 Å². The van der Waals surface area contributed by atoms with Crippen molar-refractivity contribution >= 4 is 35.1 Å². The second kappa shape index (κ2) is 15.7. The average Bonchev–Trinajstić information content (AvgIpc) is 3.07. The summed E-state index contributed by atoms with van der Waals surface area (Å²) in [5.41, 5.74) is 2.23. The number of esters is 2. The highest BCUT2D eigenvalue weighted by Crippen LogP contribution is 2.33. The summed E-state index contributed by atoms with van der Waals surface area (Å²) in [7, 11) is 1.43. The lowest BCUT2D eigenvalue weighted by Crippen LogP contribution is -2.32. The minimum Gasteiger partial charge on any atom is -0.495 e. The van der Waals surface area contributed by atoms with Crippen molar-refractivity contribution < 1.29 is 28.6 Å². The van der Waals surface area contributed by atoms with Crippen LogP contribution >= 0.6 is 11.6 Å². The van der Waals surface area contributed by atoms with Gasteiger partial charge in [0.05, 0.1) is 36.4 Å². The van der Waals surface area contributed by atoms with Gasteiger partial charge in [0.1, 0.15) is 25.0 Å². The predicted octanol–water partition coefficient (Wildman–Crippen LogP) is 6.25. The van der Waals surface area contributed by atoms with Crippen LogP contribution in [0.25, 0.3) is 11.1 Å². The fourth-order valence-electron chi connectivity index (χ4n) is 4.83. The summed E-state index contributed by atoms with van der Waals surface area (Å²) >= 11 is 6.15. The highest BCUT2D eigenvalue weighted by atomic mass is 35.5. The van der Waals surface area contributed by atoms with E-state index in [1.54, 1.807) is 44.2 Å². The second-order valence-corrected chi connectivity index (χ2v) is 11.1. The van der Waals surface area contributed by atoms with Gasteiger partial charge in [0, 0.05) is 27.9 Å². The quantitative estimate of drug-likeness (QED) is 0.229. The lowest BCUT2D eigenvalue weighted by atomic mass is 10.00. The first kappa shape index (κ1) is 33.7. The van der Waals surface area contributed by atoms with Gasteiger partial charge in [-0.05, 0) is 74.2 Å². The SMILES string of the molecule is CCC(C(=O)Nc1ccc(C(=O)OCC(C)C(=O)OCC2=CCCC=C2)cc1)n1cc(OC)c(-c2cc(Cl)ccc2C#N)cc1=O. The lowest BCUT2D eigenvalue weighted by molar-refractivity contribution is -0.148. The van der Waals surface area contributed by atoms with Crippen molar-refractivity contribution in [3.8, 4) is 22.9 Å². The molecule has 1 amide bonds. The zero-order valence-electron chi connectivity index (χ0n) is 25.7. The van der Waals surface area contributed by atoms with E-state index in [0.29, 0.717) is 27.4 Å². The molecule has 0 aliphatic heterocycles. The van der Waals surface area contributed by atoms with Gasteiger partial charge in [0.15, 0.2) is 0 Å². The van der Waals surface area contributed by atoms with Gasteiger partial charge in [-0.1, -0.05) is 36.8 Å². The van der Waals surface area contributed by atoms with Crippen LogP contribution in [0.15, 0.2) is 83.3 Å². The summed E-state index contributed by atoms with van der Waals surface area (Å²) in [6.07, 6.45) is 9.60. The molecule has 11 heteroatoms. The number of anilines is 1. The smallest absolute Gasteiger partial charge is 0.338 e. The number of nitrogens with one attached hydrogen (secondary N) is 1. The van der Waals surface area contributed by atoms with Gasteiger partial charge in [-0.3, -0.25) is 19.0 Å². The summed E-state index contributed by atoms with van der Waals surface area (Å²) < 4.78 is 17.4. The van der Waals surface area contributed by atoms with E-state index in [4.69, 9.17) is 25.8 Å². The summed E-state index contributed by atoms with van der Waals surface area (Å²) in [6.45, 7) is 3.43. The Bertz CT molecular complexity index is 1770. The minimum absolute atomic E-state index is 0.143. The van der Waals surface area contributed by atoms with Crippen LogP contribution in [0.5, 0.6) is 5.75 Å². The Balaban J connectivity index is 1.39. The van der Waals surface area contributed by atoms with Crippen molar-refractivity contribution in [1.29, 1.82) is 5.26 Å². The number of hydrogen-bond acceptors (Lipinski definition) is 8. The molecule has 0 saturated carbocycles. The summed E-state index contributed by atoms with van der Waals surface area (Å²) in [6, 6.07) is 13.3. The van der Waals surface area contributed by atoms with Crippen molar-refractivity contribution in [3.63, 3.8) is 0 Å². The molecular weight excluding hydrogens is 610 g/mol. The van der Waals surface area contributed by atoms with Crippen LogP contribution in [0.3, 0.4) is 0 Å². The van der Waals surface area contributed by atoms with Crippen LogP contribution in [0.1, 0.15) is 55.1 Å². The number of ether oxygens (including phenoxy) is 3. The number of halogens is 1. The van der Waals surface area contributed by atoms with E-state index in [9.17, 15) is 24.4 Å². The highest BCUT2D eigenvalue weighted by molar-refractivity contribution is 6.31. The number of rotatable bonds is 12. The molecule has 46 heavy (non-hydrogen) atoms. The Hall–Kier alpha value is -5.14. The summed E-state index contributed by atoms with van der Waals surface area (Å²) in [5, 5.41) is 12.7. The van der Waals surface area contributed by atoms with Gasteiger partial charge in [-0.25, -0.2) is 4.79 Å². The molecule has 1 aliphatic carbocycles. The lowest BCUT2D eigenvalue weighted by Gasteiger charge is -2.20. The Kier molecular flexibility index (Phi) is 11.5. The largest absolute Gasteiger partial charge is 0.495 e. The molecule has 1 N–H and O–H groups in total. The minimum atomic E-state index is -0.887. The molecule has 3 aromatic rings. The van der Waals surface area contributed by atoms with Crippen molar-refractivity contribution in [2.24, 2.45) is 5.92 Å². The van der Waals surface area contributed by atoms with E-state index in [2.05, 4.69) is 11.4 Å². The molecular formula is C35H34ClN3O7. The van der Waals surface area contributed by atoms with Crippen molar-refractivity contribution in [2.45, 2.75) is 39.2 Å². The predicted molar refractivity (Wildman–Crippen MR) is 174 cm³/mol. The van der Waals surface area contributed by atoms with Crippen molar-refractivity contribution in [2.75, 3.05) is 25.6 Å². The van der Waals surface area contributed by atoms with Gasteiger partial charge >= 0.3 is 11.9 Å². The molecule has 1 heterocycles. The van der Waals surface area contributed by atoms with E-state index in [1.165, 1.54) is 36.1 Å². The van der Waals surface area contributed by atoms with E-state index in [-0.39, 0.29) is 30.9 Å². The van der Waals surface area contributed by atoms with Crippen LogP contribution in [-0.4, -0.2) is 42.7 Å². The van der Waals surface area contributed by atoms with E-state index < -0.39 is 35.4 Å². The number of nitriles is 1. The second-order valence-electron chi connectivity index (χ2n) is 10.7. The maximum Gasteiger partial charge on any atom is 0.338 e. The van der Waals surface area contributed by atoms with Crippen LogP contribution in [-0.2, 0) is 19.1 Å². The number of nitrogens with zero attached hydrogens (tertiary/aromatic N) is 2. The molecule has 2 atom stereocenters. The summed E-state index contributed by atoms with van der Waals surface area (Å²) in [4.78, 5) is 51.4. The first-order valence-corrected chi connectivity index (χ1v) is 15.1. The monoisotopic (exact) mass is 643 g/mol. The molecule has 1 aromatic heterocycles. The first-order valence-electron chi connectivity index (χ1n) is 14.8. The Morgan fingerprint density at radius 2 is 1.83 bits per heavy atom. The molecule has 2 unspecified atom stereocenters. The Morgan fingerprint density at radius 3 is 2.48 bits per heavy atom. The van der Waals surface area contributed by atoms with Gasteiger partial charge in [-0.2, -0.15) is 5.26 Å². The number of methoxy groups -OCH3 is 1. The number of hydrogen-bond donors (Lipinski definition) is 1. The third-order valence-electron chi connectivity index (χ3n) is 7.39. The van der Waals surface area contributed by atoms with Crippen molar-refractivity contribution in [1.82, 2.24) is 4.57 Å². The maximum atomic E-state index is 13.3. The fourth-order valence-corrected chi connectivity index (χ4v) is 5.00. The van der Waals surface area contributed by atoms with E-state index >= 15 is 0 Å². The molecule has 10 nitrogen and oxygen atoms in total. The topological polar surface area (TPSA) is 137 Å².